The van der Waals surface area contributed by atoms with E-state index in [0.717, 1.165) is 54.5 Å². The number of hydrogen-bond acceptors (Lipinski definition) is 5. The third-order valence-electron chi connectivity index (χ3n) is 5.91. The summed E-state index contributed by atoms with van der Waals surface area (Å²) in [6, 6.07) is 12.1. The lowest BCUT2D eigenvalue weighted by Gasteiger charge is -2.29. The number of carbonyl (C=O) groups excluding carboxylic acids is 1. The first-order valence-corrected chi connectivity index (χ1v) is 12.2. The van der Waals surface area contributed by atoms with Crippen LogP contribution in [0.25, 0.3) is 6.08 Å². The number of carbonyl (C=O) groups is 1. The molecule has 0 saturated carbocycles. The van der Waals surface area contributed by atoms with Crippen LogP contribution in [-0.2, 0) is 4.79 Å². The molecule has 0 aliphatic rings. The minimum Gasteiger partial charge on any atom is -0.460 e. The van der Waals surface area contributed by atoms with Crippen LogP contribution in [0.2, 0.25) is 0 Å². The number of amides is 1. The molecule has 6 heteroatoms. The zero-order valence-corrected chi connectivity index (χ0v) is 21.5. The standard InChI is InChI=1S/C28H40N4O2/c1-7-24(32(9-3)10-4)20-30-28-22(5)18-23(19-29-28)16-17-27(33)31(6)21-25(8-2)34-26-14-12-11-13-15-26/h8,11-19,24H,7,9-10,20-21H2,1-6H3,(H,29,30)/b17-16+,25-8+. The molecule has 0 radical (unpaired) electrons. The van der Waals surface area contributed by atoms with E-state index in [4.69, 9.17) is 4.74 Å². The molecular weight excluding hydrogens is 424 g/mol. The first kappa shape index (κ1) is 27.1. The molecule has 0 saturated heterocycles. The Hall–Kier alpha value is -3.12. The molecular formula is C28H40N4O2. The molecule has 1 amide bonds. The van der Waals surface area contributed by atoms with Crippen LogP contribution in [0.4, 0.5) is 5.82 Å². The maximum Gasteiger partial charge on any atom is 0.246 e. The number of benzene rings is 1. The van der Waals surface area contributed by atoms with E-state index in [1.165, 1.54) is 0 Å². The van der Waals surface area contributed by atoms with Crippen molar-refractivity contribution in [3.63, 3.8) is 0 Å². The molecule has 0 aliphatic heterocycles. The number of para-hydroxylation sites is 1. The predicted octanol–water partition coefficient (Wildman–Crippen LogP) is 5.38. The lowest BCUT2D eigenvalue weighted by atomic mass is 10.1. The van der Waals surface area contributed by atoms with Crippen molar-refractivity contribution in [1.29, 1.82) is 0 Å². The molecule has 0 spiro atoms. The normalized spacial score (nSPS) is 12.7. The van der Waals surface area contributed by atoms with E-state index in [1.807, 2.05) is 56.3 Å². The van der Waals surface area contributed by atoms with Gasteiger partial charge in [0.25, 0.3) is 0 Å². The average Bonchev–Trinajstić information content (AvgIpc) is 2.86. The summed E-state index contributed by atoms with van der Waals surface area (Å²) in [5.41, 5.74) is 1.96. The molecule has 1 heterocycles. The van der Waals surface area contributed by atoms with Gasteiger partial charge in [-0.3, -0.25) is 9.69 Å². The number of likely N-dealkylation sites (N-methyl/N-ethyl adjacent to an activating group) is 2. The summed E-state index contributed by atoms with van der Waals surface area (Å²) in [5, 5.41) is 3.50. The smallest absolute Gasteiger partial charge is 0.246 e. The molecule has 0 fully saturated rings. The molecule has 184 valence electrons. The number of allylic oxidation sites excluding steroid dienone is 1. The van der Waals surface area contributed by atoms with Crippen molar-refractivity contribution >= 4 is 17.8 Å². The summed E-state index contributed by atoms with van der Waals surface area (Å²) in [7, 11) is 1.76. The fourth-order valence-electron chi connectivity index (χ4n) is 3.79. The van der Waals surface area contributed by atoms with Gasteiger partial charge < -0.3 is 15.0 Å². The van der Waals surface area contributed by atoms with Crippen molar-refractivity contribution in [2.75, 3.05) is 38.5 Å². The van der Waals surface area contributed by atoms with Crippen LogP contribution in [0.5, 0.6) is 5.75 Å². The Labute approximate surface area is 205 Å². The lowest BCUT2D eigenvalue weighted by molar-refractivity contribution is -0.124. The molecule has 1 N–H and O–H groups in total. The van der Waals surface area contributed by atoms with Gasteiger partial charge in [-0.1, -0.05) is 39.0 Å². The van der Waals surface area contributed by atoms with Crippen molar-refractivity contribution in [1.82, 2.24) is 14.8 Å². The molecule has 34 heavy (non-hydrogen) atoms. The lowest BCUT2D eigenvalue weighted by Crippen LogP contribution is -2.39. The maximum atomic E-state index is 12.6. The minimum absolute atomic E-state index is 0.0964. The Balaban J connectivity index is 1.94. The zero-order valence-electron chi connectivity index (χ0n) is 21.5. The highest BCUT2D eigenvalue weighted by Gasteiger charge is 2.14. The van der Waals surface area contributed by atoms with E-state index in [0.29, 0.717) is 12.6 Å². The van der Waals surface area contributed by atoms with Crippen LogP contribution in [0.15, 0.2) is 60.5 Å². The number of aromatic nitrogens is 1. The van der Waals surface area contributed by atoms with Gasteiger partial charge in [-0.25, -0.2) is 4.98 Å². The Morgan fingerprint density at radius 2 is 1.88 bits per heavy atom. The van der Waals surface area contributed by atoms with Crippen molar-refractivity contribution < 1.29 is 9.53 Å². The third kappa shape index (κ3) is 8.34. The zero-order chi connectivity index (χ0) is 24.9. The van der Waals surface area contributed by atoms with E-state index in [9.17, 15) is 4.79 Å². The molecule has 1 aromatic carbocycles. The van der Waals surface area contributed by atoms with Gasteiger partial charge in [0.2, 0.25) is 5.91 Å². The van der Waals surface area contributed by atoms with Gasteiger partial charge in [-0.05, 0) is 74.8 Å². The van der Waals surface area contributed by atoms with Crippen LogP contribution < -0.4 is 10.1 Å². The average molecular weight is 465 g/mol. The number of anilines is 1. The number of aryl methyl sites for hydroxylation is 1. The molecule has 6 nitrogen and oxygen atoms in total. The van der Waals surface area contributed by atoms with Crippen molar-refractivity contribution in [3.05, 3.63) is 71.6 Å². The van der Waals surface area contributed by atoms with Crippen LogP contribution in [-0.4, -0.2) is 60.0 Å². The van der Waals surface area contributed by atoms with Gasteiger partial charge in [-0.15, -0.1) is 0 Å². The number of nitrogens with zero attached hydrogens (tertiary/aromatic N) is 3. The Morgan fingerprint density at radius 3 is 2.47 bits per heavy atom. The van der Waals surface area contributed by atoms with Crippen LogP contribution in [0.3, 0.4) is 0 Å². The highest BCUT2D eigenvalue weighted by Crippen LogP contribution is 2.16. The second kappa shape index (κ2) is 14.2. The van der Waals surface area contributed by atoms with Gasteiger partial charge in [0.15, 0.2) is 0 Å². The van der Waals surface area contributed by atoms with Gasteiger partial charge in [0.1, 0.15) is 17.3 Å². The molecule has 1 unspecified atom stereocenters. The summed E-state index contributed by atoms with van der Waals surface area (Å²) in [6.07, 6.45) is 8.15. The number of rotatable bonds is 13. The number of hydrogen-bond donors (Lipinski definition) is 1. The van der Waals surface area contributed by atoms with Crippen LogP contribution in [0, 0.1) is 6.92 Å². The fraction of sp³-hybridized carbons (Fsp3) is 0.429. The Morgan fingerprint density at radius 1 is 1.18 bits per heavy atom. The van der Waals surface area contributed by atoms with E-state index in [1.54, 1.807) is 30.3 Å². The third-order valence-corrected chi connectivity index (χ3v) is 5.91. The summed E-state index contributed by atoms with van der Waals surface area (Å²) in [6.45, 7) is 13.9. The quantitative estimate of drug-likeness (QED) is 0.319. The second-order valence-corrected chi connectivity index (χ2v) is 8.30. The number of pyridine rings is 1. The summed E-state index contributed by atoms with van der Waals surface area (Å²) in [4.78, 5) is 21.3. The topological polar surface area (TPSA) is 57.7 Å². The fourth-order valence-corrected chi connectivity index (χ4v) is 3.79. The molecule has 2 rings (SSSR count). The van der Waals surface area contributed by atoms with E-state index in [-0.39, 0.29) is 5.91 Å². The summed E-state index contributed by atoms with van der Waals surface area (Å²) >= 11 is 0. The maximum absolute atomic E-state index is 12.6. The van der Waals surface area contributed by atoms with E-state index in [2.05, 4.69) is 36.0 Å². The van der Waals surface area contributed by atoms with Crippen LogP contribution in [0.1, 0.15) is 45.2 Å². The van der Waals surface area contributed by atoms with Crippen LogP contribution >= 0.6 is 0 Å². The minimum atomic E-state index is -0.0964. The molecule has 1 aromatic heterocycles. The summed E-state index contributed by atoms with van der Waals surface area (Å²) in [5.74, 6) is 2.27. The monoisotopic (exact) mass is 464 g/mol. The first-order chi connectivity index (χ1) is 16.4. The second-order valence-electron chi connectivity index (χ2n) is 8.30. The van der Waals surface area contributed by atoms with Gasteiger partial charge in [-0.2, -0.15) is 0 Å². The highest BCUT2D eigenvalue weighted by molar-refractivity contribution is 5.91. The largest absolute Gasteiger partial charge is 0.460 e. The number of nitrogens with one attached hydrogen (secondary N) is 1. The predicted molar refractivity (Wildman–Crippen MR) is 142 cm³/mol. The SMILES string of the molecule is C/C=C(\CN(C)C(=O)/C=C/c1cnc(NCC(CC)N(CC)CC)c(C)c1)Oc1ccccc1. The van der Waals surface area contributed by atoms with Crippen molar-refractivity contribution in [2.24, 2.45) is 0 Å². The Bertz CT molecular complexity index is 952. The molecule has 2 aromatic rings. The number of ether oxygens (including phenoxy) is 1. The van der Waals surface area contributed by atoms with Gasteiger partial charge in [0.05, 0.1) is 6.54 Å². The van der Waals surface area contributed by atoms with Crippen molar-refractivity contribution in [3.8, 4) is 5.75 Å². The van der Waals surface area contributed by atoms with Gasteiger partial charge >= 0.3 is 0 Å². The molecule has 0 aliphatic carbocycles. The van der Waals surface area contributed by atoms with E-state index >= 15 is 0 Å². The van der Waals surface area contributed by atoms with E-state index < -0.39 is 0 Å². The molecule has 1 atom stereocenters. The highest BCUT2D eigenvalue weighted by atomic mass is 16.5. The summed E-state index contributed by atoms with van der Waals surface area (Å²) < 4.78 is 5.88. The molecule has 0 bridgehead atoms. The van der Waals surface area contributed by atoms with Crippen molar-refractivity contribution in [2.45, 2.75) is 47.1 Å². The Kier molecular flexibility index (Phi) is 11.3. The first-order valence-electron chi connectivity index (χ1n) is 12.2. The van der Waals surface area contributed by atoms with Gasteiger partial charge in [0, 0.05) is 31.9 Å².